The maximum atomic E-state index is 13.1. The number of para-hydroxylation sites is 2. The highest BCUT2D eigenvalue weighted by molar-refractivity contribution is 7.89. The third-order valence-electron chi connectivity index (χ3n) is 5.53. The number of aliphatic hydroxyl groups is 1. The Morgan fingerprint density at radius 3 is 2.45 bits per heavy atom. The van der Waals surface area contributed by atoms with Gasteiger partial charge < -0.3 is 30.4 Å². The lowest BCUT2D eigenvalue weighted by atomic mass is 10.2. The van der Waals surface area contributed by atoms with Crippen molar-refractivity contribution in [3.63, 3.8) is 0 Å². The summed E-state index contributed by atoms with van der Waals surface area (Å²) in [7, 11) is -1.16. The zero-order valence-electron chi connectivity index (χ0n) is 22.3. The summed E-state index contributed by atoms with van der Waals surface area (Å²) in [6.45, 7) is 5.72. The smallest absolute Gasteiger partial charge is 0.261 e. The number of nitrogens with zero attached hydrogens (tertiary/aromatic N) is 2. The fourth-order valence-corrected chi connectivity index (χ4v) is 4.44. The number of nitrogens with two attached hydrogens (primary N) is 1. The van der Waals surface area contributed by atoms with Crippen molar-refractivity contribution in [2.24, 2.45) is 4.99 Å². The molecule has 3 rings (SSSR count). The molecule has 0 aromatic heterocycles. The van der Waals surface area contributed by atoms with E-state index in [4.69, 9.17) is 25.2 Å². The van der Waals surface area contributed by atoms with Crippen molar-refractivity contribution in [3.05, 3.63) is 78.5 Å². The van der Waals surface area contributed by atoms with Crippen LogP contribution in [0.2, 0.25) is 0 Å². The van der Waals surface area contributed by atoms with Crippen LogP contribution in [0.3, 0.4) is 0 Å². The molecule has 0 fully saturated rings. The number of rotatable bonds is 12. The highest BCUT2D eigenvalue weighted by Gasteiger charge is 2.21. The molecular weight excluding hydrogens is 534 g/mol. The van der Waals surface area contributed by atoms with Gasteiger partial charge in [-0.25, -0.2) is 13.4 Å². The molecule has 0 amide bonds. The van der Waals surface area contributed by atoms with E-state index in [-0.39, 0.29) is 28.8 Å². The zero-order chi connectivity index (χ0) is 29.3. The van der Waals surface area contributed by atoms with Crippen LogP contribution < -0.4 is 30.0 Å². The minimum atomic E-state index is -4.10. The number of aliphatic imine (C=N–C) groups is 1. The lowest BCUT2D eigenvalue weighted by molar-refractivity contribution is 0.154. The third kappa shape index (κ3) is 7.66. The molecule has 3 aromatic rings. The highest BCUT2D eigenvalue weighted by atomic mass is 32.2. The van der Waals surface area contributed by atoms with Gasteiger partial charge in [0.05, 0.1) is 66.2 Å². The van der Waals surface area contributed by atoms with E-state index in [0.717, 1.165) is 0 Å². The van der Waals surface area contributed by atoms with Crippen LogP contribution >= 0.6 is 0 Å². The van der Waals surface area contributed by atoms with E-state index in [2.05, 4.69) is 21.6 Å². The van der Waals surface area contributed by atoms with Crippen LogP contribution in [-0.2, 0) is 10.0 Å². The van der Waals surface area contributed by atoms with Crippen LogP contribution in [0.5, 0.6) is 17.2 Å². The van der Waals surface area contributed by atoms with Crippen molar-refractivity contribution in [3.8, 4) is 23.3 Å². The number of hydrogen-bond donors (Lipinski definition) is 4. The number of methoxy groups -OCH3 is 2. The fraction of sp³-hybridized carbons (Fsp3) is 0.214. The Morgan fingerprint density at radius 2 is 1.85 bits per heavy atom. The van der Waals surface area contributed by atoms with E-state index in [1.807, 2.05) is 6.07 Å². The first kappa shape index (κ1) is 29.8. The molecule has 0 aliphatic carbocycles. The van der Waals surface area contributed by atoms with Crippen LogP contribution in [0.1, 0.15) is 18.9 Å². The molecular formula is C28H31N5O6S. The maximum Gasteiger partial charge on any atom is 0.261 e. The summed E-state index contributed by atoms with van der Waals surface area (Å²) in [6.07, 6.45) is -0.233. The Morgan fingerprint density at radius 1 is 1.15 bits per heavy atom. The Balaban J connectivity index is 2.06. The number of sulfonamides is 1. The second-order valence-electron chi connectivity index (χ2n) is 8.56. The predicted molar refractivity (Wildman–Crippen MR) is 154 cm³/mol. The number of nitrogen functional groups attached to an aromatic ring is 1. The first-order valence-electron chi connectivity index (χ1n) is 12.1. The number of nitrogens with one attached hydrogen (secondary N) is 2. The second kappa shape index (κ2) is 13.4. The quantitative estimate of drug-likeness (QED) is 0.144. The average molecular weight is 566 g/mol. The molecule has 0 saturated heterocycles. The number of aliphatic hydroxyl groups excluding tert-OH is 1. The van der Waals surface area contributed by atoms with Gasteiger partial charge >= 0.3 is 0 Å². The van der Waals surface area contributed by atoms with E-state index in [9.17, 15) is 13.5 Å². The Hall–Kier alpha value is -4.73. The van der Waals surface area contributed by atoms with Crippen molar-refractivity contribution in [1.82, 2.24) is 4.72 Å². The molecule has 1 atom stereocenters. The molecule has 210 valence electrons. The number of amidine groups is 1. The average Bonchev–Trinajstić information content (AvgIpc) is 2.93. The first-order chi connectivity index (χ1) is 19.1. The largest absolute Gasteiger partial charge is 0.497 e. The Kier molecular flexibility index (Phi) is 9.97. The van der Waals surface area contributed by atoms with Crippen LogP contribution in [-0.4, -0.2) is 46.3 Å². The van der Waals surface area contributed by atoms with Gasteiger partial charge in [0.15, 0.2) is 17.3 Å². The van der Waals surface area contributed by atoms with Crippen LogP contribution in [0.4, 0.5) is 17.1 Å². The normalized spacial score (nSPS) is 12.1. The summed E-state index contributed by atoms with van der Waals surface area (Å²) < 4.78 is 45.5. The molecule has 0 saturated carbocycles. The number of benzene rings is 3. The summed E-state index contributed by atoms with van der Waals surface area (Å²) >= 11 is 0. The molecule has 0 heterocycles. The van der Waals surface area contributed by atoms with E-state index in [1.54, 1.807) is 43.3 Å². The van der Waals surface area contributed by atoms with Crippen molar-refractivity contribution in [2.45, 2.75) is 24.3 Å². The molecule has 0 spiro atoms. The van der Waals surface area contributed by atoms with Gasteiger partial charge in [-0.1, -0.05) is 18.7 Å². The Bertz CT molecular complexity index is 1530. The van der Waals surface area contributed by atoms with Gasteiger partial charge in [0, 0.05) is 18.6 Å². The van der Waals surface area contributed by atoms with Gasteiger partial charge in [-0.05, 0) is 43.3 Å². The fourth-order valence-electron chi connectivity index (χ4n) is 3.41. The molecule has 1 unspecified atom stereocenters. The highest BCUT2D eigenvalue weighted by Crippen LogP contribution is 2.40. The van der Waals surface area contributed by atoms with Crippen molar-refractivity contribution < 1.29 is 27.7 Å². The van der Waals surface area contributed by atoms with Gasteiger partial charge in [-0.15, -0.1) is 0 Å². The summed E-state index contributed by atoms with van der Waals surface area (Å²) in [5.74, 6) is 1.03. The van der Waals surface area contributed by atoms with Crippen LogP contribution in [0.15, 0.2) is 82.8 Å². The molecule has 0 aliphatic heterocycles. The van der Waals surface area contributed by atoms with E-state index in [0.29, 0.717) is 40.5 Å². The monoisotopic (exact) mass is 565 g/mol. The van der Waals surface area contributed by atoms with Crippen LogP contribution in [0.25, 0.3) is 0 Å². The molecule has 0 radical (unpaired) electrons. The van der Waals surface area contributed by atoms with E-state index >= 15 is 0 Å². The molecule has 12 heteroatoms. The minimum Gasteiger partial charge on any atom is -0.497 e. The Labute approximate surface area is 233 Å². The van der Waals surface area contributed by atoms with E-state index in [1.165, 1.54) is 38.5 Å². The van der Waals surface area contributed by atoms with E-state index < -0.39 is 16.1 Å². The molecule has 5 N–H and O–H groups in total. The van der Waals surface area contributed by atoms with Gasteiger partial charge in [0.2, 0.25) is 0 Å². The number of hydrogen-bond acceptors (Lipinski definition) is 9. The van der Waals surface area contributed by atoms with Gasteiger partial charge in [0.1, 0.15) is 5.75 Å². The number of anilines is 2. The van der Waals surface area contributed by atoms with Crippen molar-refractivity contribution >= 4 is 32.9 Å². The molecule has 0 bridgehead atoms. The van der Waals surface area contributed by atoms with Gasteiger partial charge in [0.25, 0.3) is 10.0 Å². The molecule has 40 heavy (non-hydrogen) atoms. The lowest BCUT2D eigenvalue weighted by Gasteiger charge is -2.20. The molecule has 3 aromatic carbocycles. The van der Waals surface area contributed by atoms with Crippen LogP contribution in [0, 0.1) is 11.3 Å². The minimum absolute atomic E-state index is 0.00537. The maximum absolute atomic E-state index is 13.1. The number of nitriles is 1. The lowest BCUT2D eigenvalue weighted by Crippen LogP contribution is -2.30. The molecule has 11 nitrogen and oxygen atoms in total. The first-order valence-corrected chi connectivity index (χ1v) is 13.6. The number of ether oxygens (including phenoxy) is 3. The zero-order valence-corrected chi connectivity index (χ0v) is 23.2. The SMILES string of the molecule is C=C(NS(=O)(=O)c1ccc(C#N)cc1)C(=Nc1ccccc1N)Nc1cc(OC)cc(OC)c1OCCC(C)O. The van der Waals surface area contributed by atoms with Gasteiger partial charge in [-0.2, -0.15) is 5.26 Å². The van der Waals surface area contributed by atoms with Gasteiger partial charge in [-0.3, -0.25) is 4.72 Å². The topological polar surface area (TPSA) is 168 Å². The predicted octanol–water partition coefficient (Wildman–Crippen LogP) is 3.94. The second-order valence-corrected chi connectivity index (χ2v) is 10.2. The molecule has 0 aliphatic rings. The van der Waals surface area contributed by atoms with Crippen molar-refractivity contribution in [2.75, 3.05) is 31.9 Å². The summed E-state index contributed by atoms with van der Waals surface area (Å²) in [5.41, 5.74) is 7.35. The standard InChI is InChI=1S/C28H31N5O6S/c1-18(34)13-14-39-27-25(15-21(37-3)16-26(27)38-4)32-28(31-24-8-6-5-7-23(24)30)19(2)33-40(35,36)22-11-9-20(17-29)10-12-22/h5-12,15-16,18,33-34H,2,13-14,30H2,1,3-4H3,(H,31,32). The summed E-state index contributed by atoms with van der Waals surface area (Å²) in [4.78, 5) is 4.48. The summed E-state index contributed by atoms with van der Waals surface area (Å²) in [6, 6.07) is 17.4. The summed E-state index contributed by atoms with van der Waals surface area (Å²) in [5, 5.41) is 21.8. The third-order valence-corrected chi connectivity index (χ3v) is 6.93. The van der Waals surface area contributed by atoms with Crippen molar-refractivity contribution in [1.29, 1.82) is 5.26 Å².